The second-order valence-electron chi connectivity index (χ2n) is 10.3. The van der Waals surface area contributed by atoms with Crippen LogP contribution in [0.4, 0.5) is 4.79 Å². The summed E-state index contributed by atoms with van der Waals surface area (Å²) in [4.78, 5) is 34.8. The van der Waals surface area contributed by atoms with Gasteiger partial charge < -0.3 is 24.2 Å². The summed E-state index contributed by atoms with van der Waals surface area (Å²) in [6.45, 7) is 13.6. The molecule has 1 aromatic heterocycles. The van der Waals surface area contributed by atoms with E-state index in [0.29, 0.717) is 38.4 Å². The molecule has 0 radical (unpaired) electrons. The van der Waals surface area contributed by atoms with E-state index < -0.39 is 11.7 Å². The van der Waals surface area contributed by atoms with Gasteiger partial charge in [0.25, 0.3) is 5.91 Å². The molecule has 0 spiro atoms. The van der Waals surface area contributed by atoms with E-state index >= 15 is 0 Å². The molecular formula is C25H38N4O4. The van der Waals surface area contributed by atoms with Crippen LogP contribution in [0.15, 0.2) is 24.3 Å². The van der Waals surface area contributed by atoms with E-state index in [1.807, 2.05) is 61.4 Å². The number of carbonyl (C=O) groups is 2. The van der Waals surface area contributed by atoms with E-state index in [-0.39, 0.29) is 30.4 Å². The molecule has 1 saturated heterocycles. The molecule has 1 aromatic carbocycles. The van der Waals surface area contributed by atoms with Gasteiger partial charge in [0.05, 0.1) is 17.1 Å². The first-order chi connectivity index (χ1) is 15.5. The van der Waals surface area contributed by atoms with Crippen molar-refractivity contribution in [3.05, 3.63) is 30.1 Å². The minimum absolute atomic E-state index is 0.0486. The number of hydrogen-bond donors (Lipinski definition) is 1. The van der Waals surface area contributed by atoms with E-state index in [2.05, 4.69) is 18.8 Å². The lowest BCUT2D eigenvalue weighted by Gasteiger charge is -2.43. The summed E-state index contributed by atoms with van der Waals surface area (Å²) in [5.74, 6) is 0.380. The van der Waals surface area contributed by atoms with E-state index in [1.54, 1.807) is 4.90 Å². The molecule has 1 aliphatic heterocycles. The molecule has 8 nitrogen and oxygen atoms in total. The standard InChI is InChI=1S/C25H38N4O4/c1-7-28-21-11-9-8-10-20(21)26-22(28)23(31)29(13-17(2)3)19-12-18(16-30)14-27(15-19)24(32)33-25(4,5)6/h8-11,17-19,30H,7,12-16H2,1-6H3. The van der Waals surface area contributed by atoms with Crippen molar-refractivity contribution < 1.29 is 19.4 Å². The number of imidazole rings is 1. The van der Waals surface area contributed by atoms with Gasteiger partial charge in [0.2, 0.25) is 0 Å². The second-order valence-corrected chi connectivity index (χ2v) is 10.3. The van der Waals surface area contributed by atoms with E-state index in [1.165, 1.54) is 0 Å². The quantitative estimate of drug-likeness (QED) is 0.712. The van der Waals surface area contributed by atoms with Gasteiger partial charge in [-0.1, -0.05) is 26.0 Å². The maximum Gasteiger partial charge on any atom is 0.410 e. The average Bonchev–Trinajstić information content (AvgIpc) is 3.14. The fourth-order valence-electron chi connectivity index (χ4n) is 4.49. The smallest absolute Gasteiger partial charge is 0.410 e. The molecule has 1 fully saturated rings. The normalized spacial score (nSPS) is 19.2. The zero-order valence-corrected chi connectivity index (χ0v) is 20.7. The van der Waals surface area contributed by atoms with Crippen LogP contribution in [-0.2, 0) is 11.3 Å². The molecule has 3 rings (SSSR count). The Labute approximate surface area is 196 Å². The van der Waals surface area contributed by atoms with Crippen molar-refractivity contribution in [2.75, 3.05) is 26.2 Å². The predicted octanol–water partition coefficient (Wildman–Crippen LogP) is 3.77. The predicted molar refractivity (Wildman–Crippen MR) is 128 cm³/mol. The maximum absolute atomic E-state index is 13.9. The number of piperidine rings is 1. The molecule has 33 heavy (non-hydrogen) atoms. The largest absolute Gasteiger partial charge is 0.444 e. The molecule has 1 aliphatic rings. The summed E-state index contributed by atoms with van der Waals surface area (Å²) in [5.41, 5.74) is 1.11. The Bertz CT molecular complexity index is 978. The third-order valence-corrected chi connectivity index (χ3v) is 5.85. The number of fused-ring (bicyclic) bond motifs is 1. The van der Waals surface area contributed by atoms with Crippen LogP contribution in [0, 0.1) is 11.8 Å². The molecule has 8 heteroatoms. The van der Waals surface area contributed by atoms with Crippen molar-refractivity contribution in [3.8, 4) is 0 Å². The molecule has 182 valence electrons. The van der Waals surface area contributed by atoms with E-state index in [0.717, 1.165) is 11.0 Å². The van der Waals surface area contributed by atoms with Crippen LogP contribution < -0.4 is 0 Å². The number of aryl methyl sites for hydroxylation is 1. The first-order valence-corrected chi connectivity index (χ1v) is 11.9. The van der Waals surface area contributed by atoms with E-state index in [4.69, 9.17) is 4.74 Å². The van der Waals surface area contributed by atoms with Gasteiger partial charge in [-0.25, -0.2) is 9.78 Å². The Morgan fingerprint density at radius 3 is 2.55 bits per heavy atom. The van der Waals surface area contributed by atoms with Gasteiger partial charge in [-0.05, 0) is 52.2 Å². The number of benzene rings is 1. The summed E-state index contributed by atoms with van der Waals surface area (Å²) in [7, 11) is 0. The van der Waals surface area contributed by atoms with Gasteiger partial charge in [-0.15, -0.1) is 0 Å². The number of rotatable bonds is 6. The summed E-state index contributed by atoms with van der Waals surface area (Å²) < 4.78 is 7.53. The molecule has 2 atom stereocenters. The molecule has 0 aliphatic carbocycles. The fourth-order valence-corrected chi connectivity index (χ4v) is 4.49. The summed E-state index contributed by atoms with van der Waals surface area (Å²) >= 11 is 0. The zero-order chi connectivity index (χ0) is 24.3. The minimum atomic E-state index is -0.613. The maximum atomic E-state index is 13.9. The minimum Gasteiger partial charge on any atom is -0.444 e. The molecule has 2 aromatic rings. The molecule has 0 saturated carbocycles. The van der Waals surface area contributed by atoms with Gasteiger partial charge in [-0.2, -0.15) is 0 Å². The lowest BCUT2D eigenvalue weighted by molar-refractivity contribution is -0.00456. The molecule has 2 unspecified atom stereocenters. The van der Waals surface area contributed by atoms with Crippen LogP contribution in [0.2, 0.25) is 0 Å². The second kappa shape index (κ2) is 10.1. The van der Waals surface area contributed by atoms with Gasteiger partial charge >= 0.3 is 6.09 Å². The third kappa shape index (κ3) is 5.85. The van der Waals surface area contributed by atoms with Gasteiger partial charge in [0, 0.05) is 38.7 Å². The van der Waals surface area contributed by atoms with Gasteiger partial charge in [-0.3, -0.25) is 4.79 Å². The summed E-state index contributed by atoms with van der Waals surface area (Å²) in [5, 5.41) is 9.94. The number of aliphatic hydroxyl groups is 1. The topological polar surface area (TPSA) is 87.9 Å². The number of carbonyl (C=O) groups excluding carboxylic acids is 2. The Hall–Kier alpha value is -2.61. The number of para-hydroxylation sites is 2. The van der Waals surface area contributed by atoms with Crippen LogP contribution in [0.25, 0.3) is 11.0 Å². The SMILES string of the molecule is CCn1c(C(=O)N(CC(C)C)C2CC(CO)CN(C(=O)OC(C)(C)C)C2)nc2ccccc21. The molecule has 2 heterocycles. The fraction of sp³-hybridized carbons (Fsp3) is 0.640. The van der Waals surface area contributed by atoms with Crippen molar-refractivity contribution in [2.24, 2.45) is 11.8 Å². The summed E-state index contributed by atoms with van der Waals surface area (Å²) in [6, 6.07) is 7.52. The monoisotopic (exact) mass is 458 g/mol. The summed E-state index contributed by atoms with van der Waals surface area (Å²) in [6.07, 6.45) is 0.212. The Morgan fingerprint density at radius 2 is 1.94 bits per heavy atom. The van der Waals surface area contributed by atoms with Crippen LogP contribution in [-0.4, -0.2) is 74.3 Å². The number of nitrogens with zero attached hydrogens (tertiary/aromatic N) is 4. The van der Waals surface area contributed by atoms with E-state index in [9.17, 15) is 14.7 Å². The molecular weight excluding hydrogens is 420 g/mol. The Morgan fingerprint density at radius 1 is 1.24 bits per heavy atom. The van der Waals surface area contributed by atoms with Crippen molar-refractivity contribution in [3.63, 3.8) is 0 Å². The number of ether oxygens (including phenoxy) is 1. The van der Waals surface area contributed by atoms with Crippen molar-refractivity contribution in [1.29, 1.82) is 0 Å². The average molecular weight is 459 g/mol. The Balaban J connectivity index is 1.94. The molecule has 0 bridgehead atoms. The highest BCUT2D eigenvalue weighted by Gasteiger charge is 2.38. The van der Waals surface area contributed by atoms with Crippen molar-refractivity contribution >= 4 is 23.0 Å². The van der Waals surface area contributed by atoms with Gasteiger partial charge in [0.1, 0.15) is 5.60 Å². The lowest BCUT2D eigenvalue weighted by Crippen LogP contribution is -2.56. The number of aromatic nitrogens is 2. The first-order valence-electron chi connectivity index (χ1n) is 11.9. The third-order valence-electron chi connectivity index (χ3n) is 5.85. The van der Waals surface area contributed by atoms with Crippen LogP contribution in [0.5, 0.6) is 0 Å². The zero-order valence-electron chi connectivity index (χ0n) is 20.7. The highest BCUT2D eigenvalue weighted by molar-refractivity contribution is 5.95. The van der Waals surface area contributed by atoms with Crippen molar-refractivity contribution in [1.82, 2.24) is 19.4 Å². The molecule has 2 amide bonds. The van der Waals surface area contributed by atoms with Crippen molar-refractivity contribution in [2.45, 2.75) is 66.2 Å². The lowest BCUT2D eigenvalue weighted by atomic mass is 9.93. The molecule has 1 N–H and O–H groups in total. The van der Waals surface area contributed by atoms with Crippen LogP contribution >= 0.6 is 0 Å². The highest BCUT2D eigenvalue weighted by Crippen LogP contribution is 2.26. The number of hydrogen-bond acceptors (Lipinski definition) is 5. The first kappa shape index (κ1) is 25.0. The number of likely N-dealkylation sites (tertiary alicyclic amines) is 1. The highest BCUT2D eigenvalue weighted by atomic mass is 16.6. The Kier molecular flexibility index (Phi) is 7.67. The van der Waals surface area contributed by atoms with Crippen LogP contribution in [0.1, 0.15) is 58.6 Å². The van der Waals surface area contributed by atoms with Crippen LogP contribution in [0.3, 0.4) is 0 Å². The van der Waals surface area contributed by atoms with Gasteiger partial charge in [0.15, 0.2) is 5.82 Å². The number of amides is 2. The number of aliphatic hydroxyl groups excluding tert-OH is 1.